The standard InChI is InChI=1S/C11H19FN2O/c1-2-11(3-4-11)7-14-10(15)9-5-8(12)6-13-9/h8-9,13H,2-7H2,1H3,(H,14,15)/t8-,9+/m0/s1. The molecule has 2 fully saturated rings. The minimum absolute atomic E-state index is 0.0325. The molecule has 1 aliphatic carbocycles. The largest absolute Gasteiger partial charge is 0.354 e. The van der Waals surface area contributed by atoms with Gasteiger partial charge in [-0.25, -0.2) is 4.39 Å². The quantitative estimate of drug-likeness (QED) is 0.733. The number of carbonyl (C=O) groups is 1. The maximum absolute atomic E-state index is 12.8. The first-order chi connectivity index (χ1) is 7.15. The number of halogens is 1. The van der Waals surface area contributed by atoms with E-state index in [1.165, 1.54) is 12.8 Å². The van der Waals surface area contributed by atoms with Crippen molar-refractivity contribution >= 4 is 5.91 Å². The van der Waals surface area contributed by atoms with E-state index in [-0.39, 0.29) is 11.9 Å². The number of amides is 1. The average molecular weight is 214 g/mol. The van der Waals surface area contributed by atoms with Gasteiger partial charge in [0.15, 0.2) is 0 Å². The van der Waals surface area contributed by atoms with Gasteiger partial charge in [-0.1, -0.05) is 6.92 Å². The monoisotopic (exact) mass is 214 g/mol. The summed E-state index contributed by atoms with van der Waals surface area (Å²) in [6.45, 7) is 3.24. The molecule has 1 saturated heterocycles. The third kappa shape index (κ3) is 2.48. The highest BCUT2D eigenvalue weighted by molar-refractivity contribution is 5.82. The first-order valence-corrected chi connectivity index (χ1v) is 5.80. The Morgan fingerprint density at radius 1 is 1.60 bits per heavy atom. The fourth-order valence-corrected chi connectivity index (χ4v) is 2.12. The van der Waals surface area contributed by atoms with Crippen molar-refractivity contribution in [3.8, 4) is 0 Å². The smallest absolute Gasteiger partial charge is 0.237 e. The molecule has 1 amide bonds. The third-order valence-electron chi connectivity index (χ3n) is 3.74. The highest BCUT2D eigenvalue weighted by Crippen LogP contribution is 2.47. The number of nitrogens with one attached hydrogen (secondary N) is 2. The van der Waals surface area contributed by atoms with Crippen molar-refractivity contribution < 1.29 is 9.18 Å². The molecule has 0 aromatic rings. The van der Waals surface area contributed by atoms with Crippen LogP contribution in [0.1, 0.15) is 32.6 Å². The molecule has 0 aromatic heterocycles. The predicted octanol–water partition coefficient (Wildman–Crippen LogP) is 0.993. The molecular weight excluding hydrogens is 195 g/mol. The zero-order valence-electron chi connectivity index (χ0n) is 9.18. The van der Waals surface area contributed by atoms with Crippen molar-refractivity contribution in [2.24, 2.45) is 5.41 Å². The summed E-state index contributed by atoms with van der Waals surface area (Å²) in [6.07, 6.45) is 3.02. The lowest BCUT2D eigenvalue weighted by Crippen LogP contribution is -2.42. The summed E-state index contributed by atoms with van der Waals surface area (Å²) < 4.78 is 12.8. The van der Waals surface area contributed by atoms with Gasteiger partial charge in [0.05, 0.1) is 6.04 Å². The fraction of sp³-hybridized carbons (Fsp3) is 0.909. The first-order valence-electron chi connectivity index (χ1n) is 5.80. The number of rotatable bonds is 4. The highest BCUT2D eigenvalue weighted by atomic mass is 19.1. The molecule has 86 valence electrons. The summed E-state index contributed by atoms with van der Waals surface area (Å²) in [4.78, 5) is 11.6. The number of hydrogen-bond acceptors (Lipinski definition) is 2. The van der Waals surface area contributed by atoms with Gasteiger partial charge in [-0.05, 0) is 24.7 Å². The first kappa shape index (κ1) is 10.9. The van der Waals surface area contributed by atoms with Gasteiger partial charge in [0.2, 0.25) is 5.91 Å². The van der Waals surface area contributed by atoms with Crippen molar-refractivity contribution in [3.05, 3.63) is 0 Å². The van der Waals surface area contributed by atoms with E-state index in [0.29, 0.717) is 18.4 Å². The second-order valence-electron chi connectivity index (χ2n) is 4.87. The van der Waals surface area contributed by atoms with E-state index in [4.69, 9.17) is 0 Å². The normalized spacial score (nSPS) is 32.7. The van der Waals surface area contributed by atoms with Crippen LogP contribution in [0.3, 0.4) is 0 Å². The van der Waals surface area contributed by atoms with Gasteiger partial charge < -0.3 is 10.6 Å². The van der Waals surface area contributed by atoms with Crippen molar-refractivity contribution in [3.63, 3.8) is 0 Å². The Morgan fingerprint density at radius 3 is 2.80 bits per heavy atom. The Balaban J connectivity index is 1.73. The van der Waals surface area contributed by atoms with E-state index in [0.717, 1.165) is 13.0 Å². The Morgan fingerprint density at radius 2 is 2.33 bits per heavy atom. The van der Waals surface area contributed by atoms with E-state index in [9.17, 15) is 9.18 Å². The van der Waals surface area contributed by atoms with E-state index in [1.807, 2.05) is 0 Å². The Labute approximate surface area is 89.8 Å². The Bertz CT molecular complexity index is 253. The minimum Gasteiger partial charge on any atom is -0.354 e. The van der Waals surface area contributed by atoms with E-state index >= 15 is 0 Å². The van der Waals surface area contributed by atoms with Gasteiger partial charge >= 0.3 is 0 Å². The van der Waals surface area contributed by atoms with Crippen LogP contribution in [0.25, 0.3) is 0 Å². The summed E-state index contributed by atoms with van der Waals surface area (Å²) in [5, 5.41) is 5.82. The van der Waals surface area contributed by atoms with Crippen molar-refractivity contribution in [2.45, 2.75) is 44.8 Å². The van der Waals surface area contributed by atoms with Gasteiger partial charge in [-0.3, -0.25) is 4.79 Å². The van der Waals surface area contributed by atoms with Crippen LogP contribution in [0.4, 0.5) is 4.39 Å². The zero-order valence-corrected chi connectivity index (χ0v) is 9.18. The maximum atomic E-state index is 12.8. The van der Waals surface area contributed by atoms with E-state index in [1.54, 1.807) is 0 Å². The molecule has 2 N–H and O–H groups in total. The summed E-state index contributed by atoms with van der Waals surface area (Å²) in [6, 6.07) is -0.312. The van der Waals surface area contributed by atoms with Crippen molar-refractivity contribution in [1.29, 1.82) is 0 Å². The molecule has 0 spiro atoms. The molecule has 0 unspecified atom stereocenters. The zero-order chi connectivity index (χ0) is 10.9. The molecule has 15 heavy (non-hydrogen) atoms. The van der Waals surface area contributed by atoms with Gasteiger partial charge in [0, 0.05) is 19.5 Å². The third-order valence-corrected chi connectivity index (χ3v) is 3.74. The lowest BCUT2D eigenvalue weighted by molar-refractivity contribution is -0.123. The molecule has 0 radical (unpaired) electrons. The van der Waals surface area contributed by atoms with Crippen molar-refractivity contribution in [1.82, 2.24) is 10.6 Å². The molecule has 3 nitrogen and oxygen atoms in total. The maximum Gasteiger partial charge on any atom is 0.237 e. The van der Waals surface area contributed by atoms with Crippen LogP contribution in [-0.4, -0.2) is 31.2 Å². The van der Waals surface area contributed by atoms with Crippen LogP contribution in [-0.2, 0) is 4.79 Å². The van der Waals surface area contributed by atoms with E-state index in [2.05, 4.69) is 17.6 Å². The summed E-state index contributed by atoms with van der Waals surface area (Å²) in [7, 11) is 0. The van der Waals surface area contributed by atoms with Crippen LogP contribution in [0.5, 0.6) is 0 Å². The van der Waals surface area contributed by atoms with Gasteiger partial charge in [0.25, 0.3) is 0 Å². The SMILES string of the molecule is CCC1(CNC(=O)[C@H]2C[C@H](F)CN2)CC1. The molecule has 2 rings (SSSR count). The van der Waals surface area contributed by atoms with Crippen LogP contribution in [0, 0.1) is 5.41 Å². The summed E-state index contributed by atoms with van der Waals surface area (Å²) >= 11 is 0. The lowest BCUT2D eigenvalue weighted by Gasteiger charge is -2.16. The van der Waals surface area contributed by atoms with Gasteiger partial charge in [-0.2, -0.15) is 0 Å². The summed E-state index contributed by atoms with van der Waals surface area (Å²) in [5.74, 6) is -0.0325. The van der Waals surface area contributed by atoms with Crippen LogP contribution < -0.4 is 10.6 Å². The number of alkyl halides is 1. The van der Waals surface area contributed by atoms with Crippen molar-refractivity contribution in [2.75, 3.05) is 13.1 Å². The van der Waals surface area contributed by atoms with Crippen LogP contribution >= 0.6 is 0 Å². The molecule has 2 aliphatic rings. The lowest BCUT2D eigenvalue weighted by atomic mass is 10.0. The number of hydrogen-bond donors (Lipinski definition) is 2. The Kier molecular flexibility index (Phi) is 2.96. The molecule has 1 aliphatic heterocycles. The number of carbonyl (C=O) groups excluding carboxylic acids is 1. The average Bonchev–Trinajstić information content (AvgIpc) is 2.90. The molecule has 1 heterocycles. The summed E-state index contributed by atoms with van der Waals surface area (Å²) in [5.41, 5.74) is 0.364. The van der Waals surface area contributed by atoms with Crippen LogP contribution in [0.2, 0.25) is 0 Å². The highest BCUT2D eigenvalue weighted by Gasteiger charge is 2.41. The van der Waals surface area contributed by atoms with Crippen LogP contribution in [0.15, 0.2) is 0 Å². The van der Waals surface area contributed by atoms with Gasteiger partial charge in [-0.15, -0.1) is 0 Å². The Hall–Kier alpha value is -0.640. The molecular formula is C11H19FN2O. The minimum atomic E-state index is -0.859. The molecule has 0 bridgehead atoms. The van der Waals surface area contributed by atoms with Gasteiger partial charge in [0.1, 0.15) is 6.17 Å². The molecule has 1 saturated carbocycles. The molecule has 0 aromatic carbocycles. The second-order valence-corrected chi connectivity index (χ2v) is 4.87. The molecule has 4 heteroatoms. The van der Waals surface area contributed by atoms with E-state index < -0.39 is 6.17 Å². The topological polar surface area (TPSA) is 41.1 Å². The second kappa shape index (κ2) is 4.08. The molecule has 2 atom stereocenters. The fourth-order valence-electron chi connectivity index (χ4n) is 2.12. The predicted molar refractivity (Wildman–Crippen MR) is 56.3 cm³/mol.